The molecule has 1 N–H and O–H groups in total. The number of hydrogen-bond donors (Lipinski definition) is 1. The van der Waals surface area contributed by atoms with Crippen LogP contribution in [0.5, 0.6) is 0 Å². The molecule has 3 rings (SSSR count). The summed E-state index contributed by atoms with van der Waals surface area (Å²) < 4.78 is 2.75. The third kappa shape index (κ3) is 4.28. The van der Waals surface area contributed by atoms with Crippen molar-refractivity contribution in [3.05, 3.63) is 57.8 Å². The summed E-state index contributed by atoms with van der Waals surface area (Å²) in [5.41, 5.74) is 3.17. The van der Waals surface area contributed by atoms with E-state index in [0.717, 1.165) is 11.0 Å². The molecule has 5 heteroatoms. The van der Waals surface area contributed by atoms with Crippen LogP contribution in [0.1, 0.15) is 40.9 Å². The molecule has 0 unspecified atom stereocenters. The van der Waals surface area contributed by atoms with E-state index in [1.54, 1.807) is 0 Å². The van der Waals surface area contributed by atoms with Gasteiger partial charge in [-0.2, -0.15) is 0 Å². The Bertz CT molecular complexity index is 704. The van der Waals surface area contributed by atoms with E-state index in [4.69, 9.17) is 0 Å². The van der Waals surface area contributed by atoms with Gasteiger partial charge in [0.15, 0.2) is 0 Å². The van der Waals surface area contributed by atoms with Crippen LogP contribution in [0.3, 0.4) is 0 Å². The molecule has 1 amide bonds. The molecule has 2 aromatic rings. The van der Waals surface area contributed by atoms with Crippen molar-refractivity contribution in [2.45, 2.75) is 32.4 Å². The van der Waals surface area contributed by atoms with E-state index in [9.17, 15) is 4.79 Å². The maximum absolute atomic E-state index is 12.4. The van der Waals surface area contributed by atoms with Crippen LogP contribution in [0.2, 0.25) is 0 Å². The second-order valence-electron chi connectivity index (χ2n) is 6.44. The van der Waals surface area contributed by atoms with Crippen molar-refractivity contribution < 1.29 is 4.79 Å². The summed E-state index contributed by atoms with van der Waals surface area (Å²) in [5, 5.41) is 3.05. The largest absolute Gasteiger partial charge is 0.347 e. The van der Waals surface area contributed by atoms with Crippen molar-refractivity contribution in [3.63, 3.8) is 0 Å². The summed E-state index contributed by atoms with van der Waals surface area (Å²) in [6.45, 7) is 3.89. The molecule has 0 radical (unpaired) electrons. The van der Waals surface area contributed by atoms with Crippen LogP contribution < -0.4 is 5.32 Å². The second kappa shape index (κ2) is 7.99. The number of nitrogens with zero attached hydrogens (tertiary/aromatic N) is 2. The third-order valence-electron chi connectivity index (χ3n) is 4.60. The minimum Gasteiger partial charge on any atom is -0.347 e. The number of halogens is 1. The van der Waals surface area contributed by atoms with Gasteiger partial charge in [-0.3, -0.25) is 9.69 Å². The molecule has 1 saturated heterocycles. The van der Waals surface area contributed by atoms with Crippen LogP contribution >= 0.6 is 15.9 Å². The molecule has 1 aromatic heterocycles. The molecule has 1 aliphatic rings. The van der Waals surface area contributed by atoms with E-state index < -0.39 is 0 Å². The van der Waals surface area contributed by atoms with Crippen molar-refractivity contribution in [3.8, 4) is 0 Å². The smallest absolute Gasteiger partial charge is 0.268 e. The number of rotatable bonds is 5. The fourth-order valence-corrected chi connectivity index (χ4v) is 3.78. The molecule has 0 atom stereocenters. The van der Waals surface area contributed by atoms with E-state index in [0.29, 0.717) is 12.2 Å². The topological polar surface area (TPSA) is 37.3 Å². The predicted molar refractivity (Wildman–Crippen MR) is 99.9 cm³/mol. The summed E-state index contributed by atoms with van der Waals surface area (Å²) in [5.74, 6) is -0.0454. The monoisotopic (exact) mass is 389 g/mol. The quantitative estimate of drug-likeness (QED) is 0.845. The highest BCUT2D eigenvalue weighted by molar-refractivity contribution is 9.10. The lowest BCUT2D eigenvalue weighted by Crippen LogP contribution is -2.30. The number of carbonyl (C=O) groups excluding carboxylic acids is 1. The standard InChI is InChI=1S/C19H24BrN3O/c1-22-14-17(20)11-18(22)19(24)21-12-15-7-3-4-8-16(15)13-23-9-5-2-6-10-23/h3-4,7-8,11,14H,2,5-6,9-10,12-13H2,1H3,(H,21,24). The Hall–Kier alpha value is -1.59. The number of piperidine rings is 1. The molecule has 1 aromatic carbocycles. The van der Waals surface area contributed by atoms with Crippen molar-refractivity contribution in [2.24, 2.45) is 7.05 Å². The average molecular weight is 390 g/mol. The van der Waals surface area contributed by atoms with Crippen LogP contribution in [0, 0.1) is 0 Å². The lowest BCUT2D eigenvalue weighted by atomic mass is 10.0. The first kappa shape index (κ1) is 17.2. The van der Waals surface area contributed by atoms with Gasteiger partial charge in [-0.05, 0) is 59.1 Å². The highest BCUT2D eigenvalue weighted by atomic mass is 79.9. The highest BCUT2D eigenvalue weighted by Crippen LogP contribution is 2.17. The summed E-state index contributed by atoms with van der Waals surface area (Å²) in [4.78, 5) is 14.9. The molecule has 24 heavy (non-hydrogen) atoms. The SMILES string of the molecule is Cn1cc(Br)cc1C(=O)NCc1ccccc1CN1CCCCC1. The Morgan fingerprint density at radius 2 is 1.88 bits per heavy atom. The van der Waals surface area contributed by atoms with E-state index in [-0.39, 0.29) is 5.91 Å². The van der Waals surface area contributed by atoms with Gasteiger partial charge in [0.25, 0.3) is 5.91 Å². The molecule has 128 valence electrons. The van der Waals surface area contributed by atoms with Crippen LogP contribution in [-0.4, -0.2) is 28.5 Å². The van der Waals surface area contributed by atoms with Crippen molar-refractivity contribution in [1.29, 1.82) is 0 Å². The zero-order valence-corrected chi connectivity index (χ0v) is 15.7. The van der Waals surface area contributed by atoms with E-state index >= 15 is 0 Å². The Balaban J connectivity index is 1.64. The Kier molecular flexibility index (Phi) is 5.74. The number of hydrogen-bond acceptors (Lipinski definition) is 2. The summed E-state index contributed by atoms with van der Waals surface area (Å²) in [7, 11) is 1.88. The van der Waals surface area contributed by atoms with Gasteiger partial charge in [-0.25, -0.2) is 0 Å². The maximum atomic E-state index is 12.4. The van der Waals surface area contributed by atoms with Gasteiger partial charge in [0.2, 0.25) is 0 Å². The lowest BCUT2D eigenvalue weighted by molar-refractivity contribution is 0.0942. The number of aromatic nitrogens is 1. The molecule has 2 heterocycles. The third-order valence-corrected chi connectivity index (χ3v) is 5.04. The number of amides is 1. The minimum absolute atomic E-state index is 0.0454. The second-order valence-corrected chi connectivity index (χ2v) is 7.36. The molecule has 4 nitrogen and oxygen atoms in total. The van der Waals surface area contributed by atoms with Gasteiger partial charge < -0.3 is 9.88 Å². The zero-order chi connectivity index (χ0) is 16.9. The number of aryl methyl sites for hydroxylation is 1. The molecular formula is C19H24BrN3O. The lowest BCUT2D eigenvalue weighted by Gasteiger charge is -2.27. The van der Waals surface area contributed by atoms with Crippen LogP contribution in [-0.2, 0) is 20.1 Å². The van der Waals surface area contributed by atoms with Crippen LogP contribution in [0.4, 0.5) is 0 Å². The fourth-order valence-electron chi connectivity index (χ4n) is 3.26. The number of likely N-dealkylation sites (tertiary alicyclic amines) is 1. The van der Waals surface area contributed by atoms with Gasteiger partial charge in [-0.15, -0.1) is 0 Å². The van der Waals surface area contributed by atoms with Gasteiger partial charge in [0, 0.05) is 30.8 Å². The van der Waals surface area contributed by atoms with Crippen molar-refractivity contribution in [1.82, 2.24) is 14.8 Å². The van der Waals surface area contributed by atoms with E-state index in [2.05, 4.69) is 44.3 Å². The Morgan fingerprint density at radius 1 is 1.17 bits per heavy atom. The maximum Gasteiger partial charge on any atom is 0.268 e. The Morgan fingerprint density at radius 3 is 2.54 bits per heavy atom. The van der Waals surface area contributed by atoms with Crippen molar-refractivity contribution in [2.75, 3.05) is 13.1 Å². The summed E-state index contributed by atoms with van der Waals surface area (Å²) in [6, 6.07) is 10.3. The normalized spacial score (nSPS) is 15.4. The number of benzene rings is 1. The Labute approximate surface area is 152 Å². The van der Waals surface area contributed by atoms with Crippen LogP contribution in [0.15, 0.2) is 41.0 Å². The molecular weight excluding hydrogens is 366 g/mol. The first-order chi connectivity index (χ1) is 11.6. The first-order valence-corrected chi connectivity index (χ1v) is 9.32. The van der Waals surface area contributed by atoms with Crippen LogP contribution in [0.25, 0.3) is 0 Å². The summed E-state index contributed by atoms with van der Waals surface area (Å²) >= 11 is 3.41. The zero-order valence-electron chi connectivity index (χ0n) is 14.1. The van der Waals surface area contributed by atoms with E-state index in [1.807, 2.05) is 29.9 Å². The number of carbonyl (C=O) groups is 1. The van der Waals surface area contributed by atoms with Crippen molar-refractivity contribution >= 4 is 21.8 Å². The minimum atomic E-state index is -0.0454. The highest BCUT2D eigenvalue weighted by Gasteiger charge is 2.14. The molecule has 0 bridgehead atoms. The molecule has 0 aliphatic carbocycles. The molecule has 1 aliphatic heterocycles. The van der Waals surface area contributed by atoms with Gasteiger partial charge in [0.1, 0.15) is 5.69 Å². The predicted octanol–water partition coefficient (Wildman–Crippen LogP) is 3.70. The molecule has 0 spiro atoms. The number of nitrogens with one attached hydrogen (secondary N) is 1. The summed E-state index contributed by atoms with van der Waals surface area (Å²) in [6.07, 6.45) is 5.82. The average Bonchev–Trinajstić information content (AvgIpc) is 2.93. The van der Waals surface area contributed by atoms with E-state index in [1.165, 1.54) is 43.5 Å². The fraction of sp³-hybridized carbons (Fsp3) is 0.421. The molecule has 1 fully saturated rings. The van der Waals surface area contributed by atoms with Gasteiger partial charge in [-0.1, -0.05) is 30.7 Å². The van der Waals surface area contributed by atoms with Gasteiger partial charge >= 0.3 is 0 Å². The van der Waals surface area contributed by atoms with Gasteiger partial charge in [0.05, 0.1) is 0 Å². The first-order valence-electron chi connectivity index (χ1n) is 8.52. The molecule has 0 saturated carbocycles.